The van der Waals surface area contributed by atoms with Crippen LogP contribution in [0.25, 0.3) is 0 Å². The molecule has 0 aromatic carbocycles. The summed E-state index contributed by atoms with van der Waals surface area (Å²) in [5, 5.41) is 0.215. The van der Waals surface area contributed by atoms with E-state index < -0.39 is 0 Å². The van der Waals surface area contributed by atoms with Crippen LogP contribution in [-0.4, -0.2) is 29.3 Å². The van der Waals surface area contributed by atoms with Gasteiger partial charge < -0.3 is 4.90 Å². The molecule has 0 fully saturated rings. The number of carbonyl (C=O) groups excluding carboxylic acids is 1. The SMILES string of the molecule is CC(C)CN(CC(C)C)c1ncnc(Cl)c1C=O. The molecule has 0 atom stereocenters. The molecule has 1 aromatic rings. The lowest BCUT2D eigenvalue weighted by Crippen LogP contribution is -2.33. The van der Waals surface area contributed by atoms with Gasteiger partial charge in [0.15, 0.2) is 6.29 Å². The van der Waals surface area contributed by atoms with E-state index in [0.717, 1.165) is 19.4 Å². The van der Waals surface area contributed by atoms with Crippen molar-refractivity contribution in [2.45, 2.75) is 27.7 Å². The first-order chi connectivity index (χ1) is 8.45. The smallest absolute Gasteiger partial charge is 0.156 e. The van der Waals surface area contributed by atoms with E-state index in [1.807, 2.05) is 0 Å². The second kappa shape index (κ2) is 6.69. The topological polar surface area (TPSA) is 46.1 Å². The van der Waals surface area contributed by atoms with Gasteiger partial charge in [-0.15, -0.1) is 0 Å². The molecule has 4 nitrogen and oxygen atoms in total. The average molecular weight is 270 g/mol. The molecule has 0 spiro atoms. The molecular formula is C13H20ClN3O. The molecule has 0 aliphatic heterocycles. The number of carbonyl (C=O) groups is 1. The second-order valence-electron chi connectivity index (χ2n) is 5.21. The quantitative estimate of drug-likeness (QED) is 0.588. The zero-order valence-electron chi connectivity index (χ0n) is 11.4. The number of aldehydes is 1. The highest BCUT2D eigenvalue weighted by Gasteiger charge is 2.17. The summed E-state index contributed by atoms with van der Waals surface area (Å²) in [5.41, 5.74) is 0.375. The monoisotopic (exact) mass is 269 g/mol. The lowest BCUT2D eigenvalue weighted by molar-refractivity contribution is 0.112. The zero-order chi connectivity index (χ0) is 13.7. The number of hydrogen-bond donors (Lipinski definition) is 0. The van der Waals surface area contributed by atoms with Crippen LogP contribution < -0.4 is 4.90 Å². The standard InChI is InChI=1S/C13H20ClN3O/c1-9(2)5-17(6-10(3)4)13-11(7-18)12(14)15-8-16-13/h7-10H,5-6H2,1-4H3. The van der Waals surface area contributed by atoms with E-state index in [4.69, 9.17) is 11.6 Å². The van der Waals surface area contributed by atoms with Crippen molar-refractivity contribution < 1.29 is 4.79 Å². The predicted molar refractivity (Wildman–Crippen MR) is 74.3 cm³/mol. The van der Waals surface area contributed by atoms with Crippen molar-refractivity contribution in [3.8, 4) is 0 Å². The fourth-order valence-corrected chi connectivity index (χ4v) is 2.02. The van der Waals surface area contributed by atoms with E-state index in [9.17, 15) is 4.79 Å². The summed E-state index contributed by atoms with van der Waals surface area (Å²) in [6.45, 7) is 10.2. The summed E-state index contributed by atoms with van der Waals surface area (Å²) in [4.78, 5) is 21.3. The maximum Gasteiger partial charge on any atom is 0.156 e. The maximum absolute atomic E-state index is 11.1. The summed E-state index contributed by atoms with van der Waals surface area (Å²) < 4.78 is 0. The Morgan fingerprint density at radius 3 is 2.22 bits per heavy atom. The predicted octanol–water partition coefficient (Wildman–Crippen LogP) is 3.06. The van der Waals surface area contributed by atoms with Crippen LogP contribution in [0.4, 0.5) is 5.82 Å². The Labute approximate surface area is 113 Å². The van der Waals surface area contributed by atoms with Crippen LogP contribution in [0.5, 0.6) is 0 Å². The summed E-state index contributed by atoms with van der Waals surface area (Å²) >= 11 is 5.94. The molecule has 5 heteroatoms. The number of rotatable bonds is 6. The van der Waals surface area contributed by atoms with Crippen molar-refractivity contribution in [3.05, 3.63) is 17.0 Å². The Bertz CT molecular complexity index is 397. The van der Waals surface area contributed by atoms with E-state index >= 15 is 0 Å². The van der Waals surface area contributed by atoms with Gasteiger partial charge in [0, 0.05) is 13.1 Å². The normalized spacial score (nSPS) is 11.1. The van der Waals surface area contributed by atoms with Crippen molar-refractivity contribution in [1.29, 1.82) is 0 Å². The minimum absolute atomic E-state index is 0.215. The fraction of sp³-hybridized carbons (Fsp3) is 0.615. The molecule has 0 saturated heterocycles. The van der Waals surface area contributed by atoms with E-state index in [0.29, 0.717) is 23.2 Å². The van der Waals surface area contributed by atoms with Gasteiger partial charge in [0.05, 0.1) is 5.56 Å². The third-order valence-corrected chi connectivity index (χ3v) is 2.70. The Hall–Kier alpha value is -1.16. The molecule has 18 heavy (non-hydrogen) atoms. The summed E-state index contributed by atoms with van der Waals surface area (Å²) in [6, 6.07) is 0. The van der Waals surface area contributed by atoms with Crippen molar-refractivity contribution in [3.63, 3.8) is 0 Å². The van der Waals surface area contributed by atoms with Gasteiger partial charge in [0.2, 0.25) is 0 Å². The first kappa shape index (κ1) is 14.9. The number of nitrogens with zero attached hydrogens (tertiary/aromatic N) is 3. The fourth-order valence-electron chi connectivity index (χ4n) is 1.85. The molecule has 0 amide bonds. The Morgan fingerprint density at radius 1 is 1.22 bits per heavy atom. The molecule has 0 bridgehead atoms. The molecule has 1 rings (SSSR count). The molecule has 0 unspecified atom stereocenters. The molecular weight excluding hydrogens is 250 g/mol. The van der Waals surface area contributed by atoms with Gasteiger partial charge in [-0.1, -0.05) is 39.3 Å². The summed E-state index contributed by atoms with van der Waals surface area (Å²) in [7, 11) is 0. The lowest BCUT2D eigenvalue weighted by Gasteiger charge is -2.28. The van der Waals surface area contributed by atoms with Gasteiger partial charge in [-0.3, -0.25) is 4.79 Å². The van der Waals surface area contributed by atoms with Gasteiger partial charge in [-0.25, -0.2) is 9.97 Å². The van der Waals surface area contributed by atoms with Crippen LogP contribution in [0.1, 0.15) is 38.1 Å². The van der Waals surface area contributed by atoms with Crippen LogP contribution in [0.2, 0.25) is 5.15 Å². The third kappa shape index (κ3) is 3.95. The van der Waals surface area contributed by atoms with Crippen molar-refractivity contribution >= 4 is 23.7 Å². The lowest BCUT2D eigenvalue weighted by atomic mass is 10.1. The average Bonchev–Trinajstić information content (AvgIpc) is 2.26. The van der Waals surface area contributed by atoms with Crippen LogP contribution in [0, 0.1) is 11.8 Å². The molecule has 100 valence electrons. The number of hydrogen-bond acceptors (Lipinski definition) is 4. The van der Waals surface area contributed by atoms with Gasteiger partial charge >= 0.3 is 0 Å². The van der Waals surface area contributed by atoms with E-state index in [1.165, 1.54) is 6.33 Å². The molecule has 0 radical (unpaired) electrons. The highest BCUT2D eigenvalue weighted by Crippen LogP contribution is 2.23. The number of anilines is 1. The minimum Gasteiger partial charge on any atom is -0.355 e. The van der Waals surface area contributed by atoms with Crippen molar-refractivity contribution in [2.75, 3.05) is 18.0 Å². The minimum atomic E-state index is 0.215. The number of halogens is 1. The molecule has 1 heterocycles. The largest absolute Gasteiger partial charge is 0.355 e. The second-order valence-corrected chi connectivity index (χ2v) is 5.57. The maximum atomic E-state index is 11.1. The van der Waals surface area contributed by atoms with Crippen LogP contribution >= 0.6 is 11.6 Å². The van der Waals surface area contributed by atoms with Crippen LogP contribution in [0.15, 0.2) is 6.33 Å². The number of aromatic nitrogens is 2. The van der Waals surface area contributed by atoms with Crippen molar-refractivity contribution in [2.24, 2.45) is 11.8 Å². The molecule has 0 N–H and O–H groups in total. The van der Waals surface area contributed by atoms with Crippen LogP contribution in [0.3, 0.4) is 0 Å². The van der Waals surface area contributed by atoms with E-state index in [-0.39, 0.29) is 5.15 Å². The summed E-state index contributed by atoms with van der Waals surface area (Å²) in [6.07, 6.45) is 2.13. The van der Waals surface area contributed by atoms with Gasteiger partial charge in [-0.05, 0) is 11.8 Å². The molecule has 1 aromatic heterocycles. The van der Waals surface area contributed by atoms with Crippen molar-refractivity contribution in [1.82, 2.24) is 9.97 Å². The van der Waals surface area contributed by atoms with E-state index in [1.54, 1.807) is 0 Å². The molecule has 0 aliphatic carbocycles. The zero-order valence-corrected chi connectivity index (χ0v) is 12.1. The third-order valence-electron chi connectivity index (χ3n) is 2.40. The Kier molecular flexibility index (Phi) is 5.54. The molecule has 0 aliphatic rings. The highest BCUT2D eigenvalue weighted by molar-refractivity contribution is 6.32. The van der Waals surface area contributed by atoms with E-state index in [2.05, 4.69) is 42.6 Å². The van der Waals surface area contributed by atoms with Gasteiger partial charge in [0.1, 0.15) is 17.3 Å². The first-order valence-corrected chi connectivity index (χ1v) is 6.54. The Balaban J connectivity index is 3.11. The first-order valence-electron chi connectivity index (χ1n) is 6.16. The van der Waals surface area contributed by atoms with Gasteiger partial charge in [0.25, 0.3) is 0 Å². The van der Waals surface area contributed by atoms with Gasteiger partial charge in [-0.2, -0.15) is 0 Å². The Morgan fingerprint density at radius 2 is 1.78 bits per heavy atom. The highest BCUT2D eigenvalue weighted by atomic mass is 35.5. The van der Waals surface area contributed by atoms with Crippen LogP contribution in [-0.2, 0) is 0 Å². The summed E-state index contributed by atoms with van der Waals surface area (Å²) in [5.74, 6) is 1.60. The molecule has 0 saturated carbocycles.